The lowest BCUT2D eigenvalue weighted by atomic mass is 9.71. The van der Waals surface area contributed by atoms with E-state index in [2.05, 4.69) is 26.8 Å². The smallest absolute Gasteiger partial charge is 0.0712 e. The molecule has 2 aliphatic rings. The first-order valence-electron chi connectivity index (χ1n) is 6.59. The summed E-state index contributed by atoms with van der Waals surface area (Å²) in [5.41, 5.74) is 1.86. The molecule has 0 radical (unpaired) electrons. The quantitative estimate of drug-likeness (QED) is 0.638. The fourth-order valence-electron chi connectivity index (χ4n) is 3.52. The van der Waals surface area contributed by atoms with Crippen LogP contribution in [0.25, 0.3) is 0 Å². The zero-order valence-electron chi connectivity index (χ0n) is 10.4. The maximum absolute atomic E-state index is 6.13. The predicted octanol–water partition coefficient (Wildman–Crippen LogP) is 3.94. The molecule has 0 bridgehead atoms. The fourth-order valence-corrected chi connectivity index (χ4v) is 3.52. The molecule has 0 aromatic rings. The summed E-state index contributed by atoms with van der Waals surface area (Å²) in [7, 11) is 0. The SMILES string of the molecule is CCC1=CC2COC(CC)(CC)C2CC1. The zero-order valence-corrected chi connectivity index (χ0v) is 10.4. The van der Waals surface area contributed by atoms with E-state index in [0.717, 1.165) is 12.5 Å². The molecule has 0 aromatic heterocycles. The van der Waals surface area contributed by atoms with Crippen LogP contribution in [0.3, 0.4) is 0 Å². The van der Waals surface area contributed by atoms with Gasteiger partial charge in [0.1, 0.15) is 0 Å². The van der Waals surface area contributed by atoms with E-state index in [1.807, 2.05) is 0 Å². The van der Waals surface area contributed by atoms with Crippen LogP contribution in [0.5, 0.6) is 0 Å². The number of rotatable bonds is 3. The number of hydrogen-bond acceptors (Lipinski definition) is 1. The van der Waals surface area contributed by atoms with Crippen molar-refractivity contribution in [3.05, 3.63) is 11.6 Å². The average molecular weight is 208 g/mol. The third-order valence-electron chi connectivity index (χ3n) is 4.63. The fraction of sp³-hybridized carbons (Fsp3) is 0.857. The van der Waals surface area contributed by atoms with Crippen LogP contribution in [0.1, 0.15) is 52.9 Å². The number of hydrogen-bond donors (Lipinski definition) is 0. The van der Waals surface area contributed by atoms with Gasteiger partial charge in [-0.15, -0.1) is 0 Å². The van der Waals surface area contributed by atoms with Crippen molar-refractivity contribution in [3.8, 4) is 0 Å². The van der Waals surface area contributed by atoms with Crippen LogP contribution in [0.15, 0.2) is 11.6 Å². The van der Waals surface area contributed by atoms with E-state index in [9.17, 15) is 0 Å². The molecule has 1 aliphatic carbocycles. The van der Waals surface area contributed by atoms with Crippen molar-refractivity contribution in [2.24, 2.45) is 11.8 Å². The molecule has 2 atom stereocenters. The van der Waals surface area contributed by atoms with Crippen LogP contribution < -0.4 is 0 Å². The number of fused-ring (bicyclic) bond motifs is 1. The Hall–Kier alpha value is -0.300. The Morgan fingerprint density at radius 1 is 1.33 bits per heavy atom. The highest BCUT2D eigenvalue weighted by Crippen LogP contribution is 2.47. The van der Waals surface area contributed by atoms with Crippen LogP contribution in [0, 0.1) is 11.8 Å². The molecule has 1 fully saturated rings. The van der Waals surface area contributed by atoms with Crippen LogP contribution in [-0.4, -0.2) is 12.2 Å². The van der Waals surface area contributed by atoms with Gasteiger partial charge in [-0.3, -0.25) is 0 Å². The monoisotopic (exact) mass is 208 g/mol. The third-order valence-corrected chi connectivity index (χ3v) is 4.63. The van der Waals surface area contributed by atoms with Crippen LogP contribution in [0.2, 0.25) is 0 Å². The lowest BCUT2D eigenvalue weighted by Crippen LogP contribution is -2.36. The van der Waals surface area contributed by atoms with E-state index in [0.29, 0.717) is 5.92 Å². The largest absolute Gasteiger partial charge is 0.374 e. The molecule has 0 saturated carbocycles. The molecule has 15 heavy (non-hydrogen) atoms. The summed E-state index contributed by atoms with van der Waals surface area (Å²) >= 11 is 0. The van der Waals surface area contributed by atoms with Crippen LogP contribution in [-0.2, 0) is 4.74 Å². The van der Waals surface area contributed by atoms with Gasteiger partial charge in [-0.1, -0.05) is 32.4 Å². The van der Waals surface area contributed by atoms with Gasteiger partial charge in [0.2, 0.25) is 0 Å². The van der Waals surface area contributed by atoms with Gasteiger partial charge in [-0.2, -0.15) is 0 Å². The molecule has 1 saturated heterocycles. The van der Waals surface area contributed by atoms with Crippen molar-refractivity contribution in [3.63, 3.8) is 0 Å². The average Bonchev–Trinajstić information content (AvgIpc) is 2.67. The summed E-state index contributed by atoms with van der Waals surface area (Å²) in [4.78, 5) is 0. The normalized spacial score (nSPS) is 33.7. The molecule has 2 rings (SSSR count). The van der Waals surface area contributed by atoms with Gasteiger partial charge < -0.3 is 4.74 Å². The minimum Gasteiger partial charge on any atom is -0.374 e. The highest BCUT2D eigenvalue weighted by molar-refractivity contribution is 5.14. The Bertz CT molecular complexity index is 250. The summed E-state index contributed by atoms with van der Waals surface area (Å²) in [6, 6.07) is 0. The van der Waals surface area contributed by atoms with Crippen molar-refractivity contribution in [2.75, 3.05) is 6.61 Å². The second kappa shape index (κ2) is 4.29. The Balaban J connectivity index is 2.17. The van der Waals surface area contributed by atoms with Gasteiger partial charge in [-0.05, 0) is 38.0 Å². The molecular weight excluding hydrogens is 184 g/mol. The minimum atomic E-state index is 0.209. The standard InChI is InChI=1S/C14H24O/c1-4-11-7-8-13-12(9-11)10-15-14(13,5-2)6-3/h9,12-13H,4-8,10H2,1-3H3. The van der Waals surface area contributed by atoms with Crippen molar-refractivity contribution >= 4 is 0 Å². The van der Waals surface area contributed by atoms with Gasteiger partial charge in [0, 0.05) is 5.92 Å². The second-order valence-corrected chi connectivity index (χ2v) is 5.07. The highest BCUT2D eigenvalue weighted by atomic mass is 16.5. The molecule has 1 heterocycles. The number of allylic oxidation sites excluding steroid dienone is 1. The van der Waals surface area contributed by atoms with E-state index in [1.54, 1.807) is 5.57 Å². The molecule has 0 aromatic carbocycles. The van der Waals surface area contributed by atoms with Crippen LogP contribution in [0.4, 0.5) is 0 Å². The van der Waals surface area contributed by atoms with Gasteiger partial charge in [-0.25, -0.2) is 0 Å². The Labute approximate surface area is 93.9 Å². The predicted molar refractivity (Wildman–Crippen MR) is 63.9 cm³/mol. The molecule has 0 N–H and O–H groups in total. The maximum Gasteiger partial charge on any atom is 0.0712 e. The van der Waals surface area contributed by atoms with E-state index in [-0.39, 0.29) is 5.60 Å². The van der Waals surface area contributed by atoms with E-state index >= 15 is 0 Å². The minimum absolute atomic E-state index is 0.209. The third kappa shape index (κ3) is 1.75. The van der Waals surface area contributed by atoms with Gasteiger partial charge in [0.25, 0.3) is 0 Å². The lowest BCUT2D eigenvalue weighted by molar-refractivity contribution is -0.0298. The van der Waals surface area contributed by atoms with E-state index in [4.69, 9.17) is 4.74 Å². The Kier molecular flexibility index (Phi) is 3.20. The van der Waals surface area contributed by atoms with Gasteiger partial charge in [0.15, 0.2) is 0 Å². The molecule has 0 amide bonds. The molecule has 1 nitrogen and oxygen atoms in total. The molecule has 86 valence electrons. The molecule has 0 spiro atoms. The van der Waals surface area contributed by atoms with E-state index in [1.165, 1.54) is 32.1 Å². The molecule has 2 unspecified atom stereocenters. The highest BCUT2D eigenvalue weighted by Gasteiger charge is 2.47. The first kappa shape index (κ1) is 11.2. The maximum atomic E-state index is 6.13. The van der Waals surface area contributed by atoms with E-state index < -0.39 is 0 Å². The summed E-state index contributed by atoms with van der Waals surface area (Å²) < 4.78 is 6.13. The van der Waals surface area contributed by atoms with Gasteiger partial charge >= 0.3 is 0 Å². The summed E-state index contributed by atoms with van der Waals surface area (Å²) in [6.07, 6.45) is 8.77. The summed E-state index contributed by atoms with van der Waals surface area (Å²) in [5.74, 6) is 1.51. The zero-order chi connectivity index (χ0) is 10.9. The van der Waals surface area contributed by atoms with Crippen molar-refractivity contribution < 1.29 is 4.74 Å². The summed E-state index contributed by atoms with van der Waals surface area (Å²) in [5, 5.41) is 0. The Morgan fingerprint density at radius 2 is 2.07 bits per heavy atom. The van der Waals surface area contributed by atoms with Gasteiger partial charge in [0.05, 0.1) is 12.2 Å². The van der Waals surface area contributed by atoms with Crippen molar-refractivity contribution in [1.29, 1.82) is 0 Å². The summed E-state index contributed by atoms with van der Waals surface area (Å²) in [6.45, 7) is 7.81. The molecule has 1 heteroatoms. The second-order valence-electron chi connectivity index (χ2n) is 5.07. The first-order valence-corrected chi connectivity index (χ1v) is 6.59. The lowest BCUT2D eigenvalue weighted by Gasteiger charge is -2.36. The Morgan fingerprint density at radius 3 is 2.67 bits per heavy atom. The molecule has 1 aliphatic heterocycles. The topological polar surface area (TPSA) is 9.23 Å². The number of ether oxygens (including phenoxy) is 1. The van der Waals surface area contributed by atoms with Crippen LogP contribution >= 0.6 is 0 Å². The first-order chi connectivity index (χ1) is 7.25. The van der Waals surface area contributed by atoms with Crippen molar-refractivity contribution in [2.45, 2.75) is 58.5 Å². The molecular formula is C14H24O. The van der Waals surface area contributed by atoms with Crippen molar-refractivity contribution in [1.82, 2.24) is 0 Å².